The second-order valence-electron chi connectivity index (χ2n) is 9.80. The maximum Gasteiger partial charge on any atom is 0.188 e. The Bertz CT molecular complexity index is 1090. The number of benzene rings is 4. The van der Waals surface area contributed by atoms with Gasteiger partial charge in [-0.2, -0.15) is 0 Å². The summed E-state index contributed by atoms with van der Waals surface area (Å²) in [7, 11) is -3.67. The van der Waals surface area contributed by atoms with Gasteiger partial charge in [0, 0.05) is 6.42 Å². The Morgan fingerprint density at radius 2 is 1.00 bits per heavy atom. The van der Waals surface area contributed by atoms with E-state index in [2.05, 4.69) is 143 Å². The molecule has 0 radical (unpaired) electrons. The molecule has 1 nitrogen and oxygen atoms in total. The molecule has 3 aromatic carbocycles. The number of rotatable bonds is 7. The summed E-state index contributed by atoms with van der Waals surface area (Å²) in [5, 5.41) is 4.19. The number of fused-ring (bicyclic) bond motifs is 1. The van der Waals surface area contributed by atoms with E-state index < -0.39 is 15.6 Å². The monoisotopic (exact) mass is 610 g/mol. The van der Waals surface area contributed by atoms with E-state index in [4.69, 9.17) is 4.43 Å². The highest BCUT2D eigenvalue weighted by molar-refractivity contribution is 7.96. The van der Waals surface area contributed by atoms with E-state index in [0.717, 1.165) is 6.42 Å². The lowest BCUT2D eigenvalue weighted by Crippen LogP contribution is -3.00. The third kappa shape index (κ3) is 6.14. The summed E-state index contributed by atoms with van der Waals surface area (Å²) in [5.41, 5.74) is 4.43. The molecule has 0 aromatic heterocycles. The van der Waals surface area contributed by atoms with Gasteiger partial charge in [0.2, 0.25) is 0 Å². The summed E-state index contributed by atoms with van der Waals surface area (Å²) >= 11 is 0. The SMILES string of the molecule is CCC(O[Si](C)(C)C)[P+](c1ccccc1)(c1ccccc1)c1ccccc1.Cc1c2cccc1-2.[I-]. The van der Waals surface area contributed by atoms with Crippen LogP contribution in [0.4, 0.5) is 0 Å². The molecule has 2 aliphatic rings. The predicted octanol–water partition coefficient (Wildman–Crippen LogP) is 4.55. The molecule has 0 fully saturated rings. The van der Waals surface area contributed by atoms with Gasteiger partial charge >= 0.3 is 0 Å². The Kier molecular flexibility index (Phi) is 9.51. The van der Waals surface area contributed by atoms with Crippen LogP contribution in [0.15, 0.2) is 109 Å². The second kappa shape index (κ2) is 12.0. The number of hydrogen-bond acceptors (Lipinski definition) is 1. The number of halogens is 1. The molecule has 0 saturated heterocycles. The van der Waals surface area contributed by atoms with E-state index in [0.29, 0.717) is 0 Å². The first-order chi connectivity index (χ1) is 16.4. The van der Waals surface area contributed by atoms with Crippen LogP contribution < -0.4 is 39.9 Å². The standard InChI is InChI=1S/C24H30OPSi.C7H6.HI/c1-5-24(25-27(2,3)4)26(21-15-9-6-10-16-21,22-17-11-7-12-18-22)23-19-13-8-14-20-23;1-5-6-3-2-4-7(5)6;/h6-20,24H,5H2,1-4H3;2-4H,1H3;1H/q+1;;/p-1. The first-order valence-electron chi connectivity index (χ1n) is 12.2. The Hall–Kier alpha value is -1.78. The van der Waals surface area contributed by atoms with Crippen LogP contribution in [0.5, 0.6) is 0 Å². The van der Waals surface area contributed by atoms with Crippen molar-refractivity contribution in [3.05, 3.63) is 115 Å². The van der Waals surface area contributed by atoms with E-state index in [9.17, 15) is 0 Å². The summed E-state index contributed by atoms with van der Waals surface area (Å²) in [6.07, 6.45) is 0.997. The van der Waals surface area contributed by atoms with Crippen molar-refractivity contribution in [2.24, 2.45) is 0 Å². The summed E-state index contributed by atoms with van der Waals surface area (Å²) in [5.74, 6) is 0.177. The van der Waals surface area contributed by atoms with Gasteiger partial charge in [0.1, 0.15) is 23.2 Å². The molecule has 3 aromatic rings. The topological polar surface area (TPSA) is 9.23 Å². The lowest BCUT2D eigenvalue weighted by molar-refractivity contribution is -0.00000813. The van der Waals surface area contributed by atoms with Crippen molar-refractivity contribution in [3.8, 4) is 11.1 Å². The second-order valence-corrected chi connectivity index (χ2v) is 17.8. The highest BCUT2D eigenvalue weighted by atomic mass is 127. The van der Waals surface area contributed by atoms with Crippen molar-refractivity contribution in [1.29, 1.82) is 0 Å². The molecule has 0 saturated carbocycles. The Morgan fingerprint density at radius 3 is 1.26 bits per heavy atom. The minimum absolute atomic E-state index is 0. The van der Waals surface area contributed by atoms with E-state index >= 15 is 0 Å². The van der Waals surface area contributed by atoms with Crippen LogP contribution in [0.1, 0.15) is 18.9 Å². The first-order valence-corrected chi connectivity index (χ1v) is 17.5. The maximum atomic E-state index is 6.90. The predicted molar refractivity (Wildman–Crippen MR) is 154 cm³/mol. The maximum absolute atomic E-state index is 6.90. The van der Waals surface area contributed by atoms with E-state index in [-0.39, 0.29) is 29.8 Å². The molecule has 2 aliphatic carbocycles. The van der Waals surface area contributed by atoms with Crippen molar-refractivity contribution in [3.63, 3.8) is 0 Å². The van der Waals surface area contributed by atoms with Crippen LogP contribution in [-0.4, -0.2) is 14.2 Å². The molecule has 0 aliphatic heterocycles. The van der Waals surface area contributed by atoms with Gasteiger partial charge in [-0.3, -0.25) is 0 Å². The zero-order chi connectivity index (χ0) is 24.2. The van der Waals surface area contributed by atoms with Crippen molar-refractivity contribution in [1.82, 2.24) is 0 Å². The molecule has 1 atom stereocenters. The average Bonchev–Trinajstić information content (AvgIpc) is 3.22. The summed E-state index contributed by atoms with van der Waals surface area (Å²) in [6.45, 7) is 11.3. The highest BCUT2D eigenvalue weighted by Crippen LogP contribution is 2.61. The molecule has 0 amide bonds. The Balaban J connectivity index is 0.000000362. The molecule has 35 heavy (non-hydrogen) atoms. The molecule has 1 unspecified atom stereocenters. The fraction of sp³-hybridized carbons (Fsp3) is 0.226. The van der Waals surface area contributed by atoms with Crippen LogP contribution in [-0.2, 0) is 4.43 Å². The summed E-state index contributed by atoms with van der Waals surface area (Å²) < 4.78 is 6.90. The zero-order valence-electron chi connectivity index (χ0n) is 21.4. The van der Waals surface area contributed by atoms with Gasteiger partial charge in [0.05, 0.1) is 0 Å². The fourth-order valence-electron chi connectivity index (χ4n) is 4.77. The average molecular weight is 611 g/mol. The van der Waals surface area contributed by atoms with Crippen molar-refractivity contribution in [2.75, 3.05) is 0 Å². The lowest BCUT2D eigenvalue weighted by Gasteiger charge is -2.37. The normalized spacial score (nSPS) is 12.6. The molecular formula is C31H36IOPSi. The Morgan fingerprint density at radius 1 is 0.629 bits per heavy atom. The molecule has 0 N–H and O–H groups in total. The molecule has 5 rings (SSSR count). The van der Waals surface area contributed by atoms with Gasteiger partial charge in [0.15, 0.2) is 14.2 Å². The van der Waals surface area contributed by atoms with Crippen LogP contribution >= 0.6 is 7.26 Å². The third-order valence-electron chi connectivity index (χ3n) is 6.32. The Labute approximate surface area is 230 Å². The van der Waals surface area contributed by atoms with Gasteiger partial charge in [-0.25, -0.2) is 0 Å². The van der Waals surface area contributed by atoms with Gasteiger partial charge in [-0.1, -0.05) is 79.7 Å². The third-order valence-corrected chi connectivity index (χ3v) is 12.2. The van der Waals surface area contributed by atoms with Gasteiger partial charge < -0.3 is 28.4 Å². The van der Waals surface area contributed by atoms with Gasteiger partial charge in [-0.15, -0.1) is 0 Å². The fourth-order valence-corrected chi connectivity index (χ4v) is 11.7. The van der Waals surface area contributed by atoms with Crippen molar-refractivity contribution < 1.29 is 28.4 Å². The van der Waals surface area contributed by atoms with E-state index in [1.807, 2.05) is 0 Å². The number of hydrogen-bond donors (Lipinski definition) is 0. The minimum atomic E-state index is -1.95. The summed E-state index contributed by atoms with van der Waals surface area (Å²) in [4.78, 5) is 0. The smallest absolute Gasteiger partial charge is 0.188 e. The molecule has 0 heterocycles. The van der Waals surface area contributed by atoms with E-state index in [1.165, 1.54) is 32.6 Å². The molecule has 0 spiro atoms. The van der Waals surface area contributed by atoms with Gasteiger partial charge in [0.25, 0.3) is 0 Å². The van der Waals surface area contributed by atoms with Crippen LogP contribution in [0, 0.1) is 6.92 Å². The molecular weight excluding hydrogens is 574 g/mol. The number of aryl methyl sites for hydroxylation is 1. The van der Waals surface area contributed by atoms with E-state index in [1.54, 1.807) is 0 Å². The summed E-state index contributed by atoms with van der Waals surface area (Å²) in [6, 6.07) is 39.5. The molecule has 182 valence electrons. The molecule has 0 bridgehead atoms. The van der Waals surface area contributed by atoms with Crippen LogP contribution in [0.3, 0.4) is 0 Å². The minimum Gasteiger partial charge on any atom is -1.00 e. The van der Waals surface area contributed by atoms with Gasteiger partial charge in [-0.05, 0) is 79.7 Å². The van der Waals surface area contributed by atoms with Crippen molar-refractivity contribution >= 4 is 31.5 Å². The first kappa shape index (κ1) is 27.8. The van der Waals surface area contributed by atoms with Crippen LogP contribution in [0.25, 0.3) is 11.1 Å². The zero-order valence-corrected chi connectivity index (χ0v) is 25.5. The van der Waals surface area contributed by atoms with Crippen LogP contribution in [0.2, 0.25) is 19.6 Å². The largest absolute Gasteiger partial charge is 1.00 e. The lowest BCUT2D eigenvalue weighted by atomic mass is 10.3. The highest BCUT2D eigenvalue weighted by Gasteiger charge is 2.53. The van der Waals surface area contributed by atoms with Crippen molar-refractivity contribution in [2.45, 2.75) is 45.8 Å². The quantitative estimate of drug-likeness (QED) is 0.149. The molecule has 4 heteroatoms.